The van der Waals surface area contributed by atoms with Crippen molar-refractivity contribution in [2.24, 2.45) is 0 Å². The first-order valence-electron chi connectivity index (χ1n) is 9.83. The van der Waals surface area contributed by atoms with Crippen molar-refractivity contribution in [2.45, 2.75) is 32.6 Å². The lowest BCUT2D eigenvalue weighted by atomic mass is 9.96. The van der Waals surface area contributed by atoms with Crippen molar-refractivity contribution in [3.8, 4) is 0 Å². The summed E-state index contributed by atoms with van der Waals surface area (Å²) in [6, 6.07) is 9.43. The highest BCUT2D eigenvalue weighted by molar-refractivity contribution is 5.94. The first-order valence-corrected chi connectivity index (χ1v) is 9.83. The van der Waals surface area contributed by atoms with Crippen molar-refractivity contribution < 1.29 is 4.79 Å². The fraction of sp³-hybridized carbons (Fsp3) is 0.318. The van der Waals surface area contributed by atoms with Crippen molar-refractivity contribution in [3.63, 3.8) is 0 Å². The predicted molar refractivity (Wildman–Crippen MR) is 111 cm³/mol. The normalized spacial score (nSPS) is 16.5. The predicted octanol–water partition coefficient (Wildman–Crippen LogP) is 3.65. The largest absolute Gasteiger partial charge is 0.338 e. The van der Waals surface area contributed by atoms with Crippen LogP contribution in [-0.4, -0.2) is 43.8 Å². The molecule has 1 aliphatic heterocycles. The standard InChI is InChI=1S/C22H24N6O/c1-15-6-3-10-24-20(15)26-19-12-16(2)25-21(27-19)18-8-5-11-28(14-18)22(29)17-7-4-9-23-13-17/h3-4,6-7,9-10,12-13,18H,5,8,11,14H2,1-2H3,(H,24,25,26,27)/t18-/m0/s1. The molecule has 7 nitrogen and oxygen atoms in total. The number of aryl methyl sites for hydroxylation is 2. The molecule has 1 fully saturated rings. The zero-order chi connectivity index (χ0) is 20.2. The highest BCUT2D eigenvalue weighted by Crippen LogP contribution is 2.27. The van der Waals surface area contributed by atoms with Crippen LogP contribution in [0.2, 0.25) is 0 Å². The third-order valence-corrected chi connectivity index (χ3v) is 5.11. The van der Waals surface area contributed by atoms with E-state index in [1.54, 1.807) is 30.7 Å². The summed E-state index contributed by atoms with van der Waals surface area (Å²) >= 11 is 0. The number of piperidine rings is 1. The minimum Gasteiger partial charge on any atom is -0.338 e. The van der Waals surface area contributed by atoms with Crippen LogP contribution in [0.3, 0.4) is 0 Å². The molecule has 3 aromatic heterocycles. The van der Waals surface area contributed by atoms with Gasteiger partial charge < -0.3 is 10.2 Å². The van der Waals surface area contributed by atoms with Gasteiger partial charge in [0.15, 0.2) is 0 Å². The minimum absolute atomic E-state index is 0.0120. The third-order valence-electron chi connectivity index (χ3n) is 5.11. The maximum absolute atomic E-state index is 12.8. The van der Waals surface area contributed by atoms with E-state index in [0.717, 1.165) is 48.1 Å². The van der Waals surface area contributed by atoms with Gasteiger partial charge in [-0.25, -0.2) is 15.0 Å². The SMILES string of the molecule is Cc1cc(Nc2ncccc2C)nc([C@H]2CCCN(C(=O)c3cccnc3)C2)n1. The maximum atomic E-state index is 12.8. The molecule has 1 amide bonds. The summed E-state index contributed by atoms with van der Waals surface area (Å²) in [4.78, 5) is 32.6. The van der Waals surface area contributed by atoms with Crippen molar-refractivity contribution in [1.29, 1.82) is 0 Å². The number of likely N-dealkylation sites (tertiary alicyclic amines) is 1. The molecule has 0 radical (unpaired) electrons. The average molecular weight is 388 g/mol. The smallest absolute Gasteiger partial charge is 0.255 e. The van der Waals surface area contributed by atoms with Gasteiger partial charge in [-0.1, -0.05) is 6.07 Å². The number of carbonyl (C=O) groups is 1. The van der Waals surface area contributed by atoms with Gasteiger partial charge in [0.2, 0.25) is 0 Å². The van der Waals surface area contributed by atoms with E-state index in [0.29, 0.717) is 12.1 Å². The van der Waals surface area contributed by atoms with Crippen LogP contribution in [0.1, 0.15) is 46.2 Å². The van der Waals surface area contributed by atoms with Gasteiger partial charge in [0.25, 0.3) is 5.91 Å². The molecule has 3 aromatic rings. The zero-order valence-electron chi connectivity index (χ0n) is 16.7. The summed E-state index contributed by atoms with van der Waals surface area (Å²) in [5, 5.41) is 3.30. The van der Waals surface area contributed by atoms with Gasteiger partial charge in [-0.05, 0) is 50.5 Å². The monoisotopic (exact) mass is 388 g/mol. The Morgan fingerprint density at radius 3 is 2.83 bits per heavy atom. The highest BCUT2D eigenvalue weighted by atomic mass is 16.2. The van der Waals surface area contributed by atoms with E-state index in [1.165, 1.54) is 0 Å². The van der Waals surface area contributed by atoms with Crippen LogP contribution >= 0.6 is 0 Å². The van der Waals surface area contributed by atoms with E-state index < -0.39 is 0 Å². The molecule has 0 aromatic carbocycles. The van der Waals surface area contributed by atoms with Gasteiger partial charge in [0, 0.05) is 49.4 Å². The lowest BCUT2D eigenvalue weighted by Crippen LogP contribution is -2.39. The van der Waals surface area contributed by atoms with E-state index in [-0.39, 0.29) is 11.8 Å². The van der Waals surface area contributed by atoms with E-state index in [4.69, 9.17) is 4.98 Å². The minimum atomic E-state index is 0.0120. The molecular formula is C22H24N6O. The van der Waals surface area contributed by atoms with Crippen molar-refractivity contribution in [3.05, 3.63) is 71.6 Å². The summed E-state index contributed by atoms with van der Waals surface area (Å²) in [6.07, 6.45) is 6.94. The highest BCUT2D eigenvalue weighted by Gasteiger charge is 2.27. The summed E-state index contributed by atoms with van der Waals surface area (Å²) in [5.41, 5.74) is 2.56. The molecule has 148 valence electrons. The molecule has 1 atom stereocenters. The Morgan fingerprint density at radius 1 is 1.17 bits per heavy atom. The van der Waals surface area contributed by atoms with Gasteiger partial charge >= 0.3 is 0 Å². The third kappa shape index (κ3) is 4.39. The van der Waals surface area contributed by atoms with Gasteiger partial charge in [-0.15, -0.1) is 0 Å². The van der Waals surface area contributed by atoms with Crippen molar-refractivity contribution >= 4 is 17.5 Å². The number of hydrogen-bond acceptors (Lipinski definition) is 6. The lowest BCUT2D eigenvalue weighted by molar-refractivity contribution is 0.0704. The maximum Gasteiger partial charge on any atom is 0.255 e. The van der Waals surface area contributed by atoms with Gasteiger partial charge in [0.05, 0.1) is 5.56 Å². The summed E-state index contributed by atoms with van der Waals surface area (Å²) in [7, 11) is 0. The van der Waals surface area contributed by atoms with E-state index in [1.807, 2.05) is 36.9 Å². The van der Waals surface area contributed by atoms with E-state index in [9.17, 15) is 4.79 Å². The average Bonchev–Trinajstić information content (AvgIpc) is 2.75. The van der Waals surface area contributed by atoms with E-state index >= 15 is 0 Å². The Morgan fingerprint density at radius 2 is 2.03 bits per heavy atom. The second-order valence-electron chi connectivity index (χ2n) is 7.38. The number of amides is 1. The van der Waals surface area contributed by atoms with Crippen LogP contribution in [0.4, 0.5) is 11.6 Å². The second-order valence-corrected chi connectivity index (χ2v) is 7.38. The van der Waals surface area contributed by atoms with Crippen LogP contribution < -0.4 is 5.32 Å². The molecule has 29 heavy (non-hydrogen) atoms. The molecule has 0 aliphatic carbocycles. The Bertz CT molecular complexity index is 1010. The molecule has 4 rings (SSSR count). The van der Waals surface area contributed by atoms with Crippen molar-refractivity contribution in [2.75, 3.05) is 18.4 Å². The zero-order valence-corrected chi connectivity index (χ0v) is 16.7. The number of nitrogens with one attached hydrogen (secondary N) is 1. The van der Waals surface area contributed by atoms with Crippen LogP contribution in [0, 0.1) is 13.8 Å². The number of rotatable bonds is 4. The second kappa shape index (κ2) is 8.34. The topological polar surface area (TPSA) is 83.9 Å². The number of aromatic nitrogens is 4. The van der Waals surface area contributed by atoms with Crippen LogP contribution in [0.5, 0.6) is 0 Å². The molecule has 7 heteroatoms. The Balaban J connectivity index is 1.54. The first kappa shape index (κ1) is 19.0. The fourth-order valence-electron chi connectivity index (χ4n) is 3.62. The molecule has 1 aliphatic rings. The first-order chi connectivity index (χ1) is 14.1. The molecule has 4 heterocycles. The quantitative estimate of drug-likeness (QED) is 0.734. The lowest BCUT2D eigenvalue weighted by Gasteiger charge is -2.32. The number of hydrogen-bond donors (Lipinski definition) is 1. The molecule has 0 spiro atoms. The number of carbonyl (C=O) groups excluding carboxylic acids is 1. The molecule has 0 unspecified atom stereocenters. The number of anilines is 2. The summed E-state index contributed by atoms with van der Waals surface area (Å²) in [6.45, 7) is 5.32. The van der Waals surface area contributed by atoms with Gasteiger partial charge in [-0.3, -0.25) is 9.78 Å². The van der Waals surface area contributed by atoms with Crippen LogP contribution in [0.15, 0.2) is 48.9 Å². The van der Waals surface area contributed by atoms with Crippen LogP contribution in [0.25, 0.3) is 0 Å². The molecular weight excluding hydrogens is 364 g/mol. The summed E-state index contributed by atoms with van der Waals surface area (Å²) in [5.74, 6) is 2.40. The van der Waals surface area contributed by atoms with Crippen LogP contribution in [-0.2, 0) is 0 Å². The van der Waals surface area contributed by atoms with Gasteiger partial charge in [0.1, 0.15) is 17.5 Å². The Kier molecular flexibility index (Phi) is 5.46. The van der Waals surface area contributed by atoms with E-state index in [2.05, 4.69) is 20.3 Å². The Hall–Kier alpha value is -3.35. The molecule has 0 saturated carbocycles. The number of nitrogens with zero attached hydrogens (tertiary/aromatic N) is 5. The molecule has 1 saturated heterocycles. The summed E-state index contributed by atoms with van der Waals surface area (Å²) < 4.78 is 0. The fourth-order valence-corrected chi connectivity index (χ4v) is 3.62. The van der Waals surface area contributed by atoms with Crippen molar-refractivity contribution in [1.82, 2.24) is 24.8 Å². The Labute approximate surface area is 170 Å². The molecule has 1 N–H and O–H groups in total. The number of pyridine rings is 2. The van der Waals surface area contributed by atoms with Gasteiger partial charge in [-0.2, -0.15) is 0 Å². The molecule has 0 bridgehead atoms.